The maximum absolute atomic E-state index is 6.13. The van der Waals surface area contributed by atoms with Gasteiger partial charge in [-0.05, 0) is 36.6 Å². The predicted molar refractivity (Wildman–Crippen MR) is 264 cm³/mol. The normalized spacial score (nSPS) is 9.06. The third-order valence-electron chi connectivity index (χ3n) is 7.17. The first-order valence-electron chi connectivity index (χ1n) is 15.8. The number of hydrogen-bond donors (Lipinski definition) is 1. The van der Waals surface area contributed by atoms with Gasteiger partial charge >= 0.3 is 50.5 Å². The number of benzene rings is 2. The standard InChI is InChI=1S/C21H38N.C14H13Cl2N.3CH4.I3.I2.HI.Y/c1-2-3-4-5-6-7-8-9-10-11-12-13-14-16-19-22-20-17-15-18-21-22;1-2-10-6-3-4-9-13(10)17-14-11(15)7-5-8-12(14)16;;;;1-3-2;1-2;;/h15,17-18,20-21H,2-14,16,19H2,1H3;3-9,17H,2H2,1H3;3*1H4;;;1H;/q+1;;;;;-1;;;. The molecule has 49 heavy (non-hydrogen) atoms. The van der Waals surface area contributed by atoms with Crippen LogP contribution in [0, 0.1) is 0 Å². The molecule has 1 N–H and O–H groups in total. The van der Waals surface area contributed by atoms with Crippen LogP contribution in [0.25, 0.3) is 0 Å². The van der Waals surface area contributed by atoms with Gasteiger partial charge in [0, 0.05) is 94.2 Å². The van der Waals surface area contributed by atoms with Crippen LogP contribution in [0.5, 0.6) is 0 Å². The van der Waals surface area contributed by atoms with Crippen molar-refractivity contribution >= 4 is 133 Å². The molecule has 0 saturated carbocycles. The maximum atomic E-state index is 6.13. The van der Waals surface area contributed by atoms with E-state index in [-0.39, 0.29) is 79.0 Å². The second-order valence-electron chi connectivity index (χ2n) is 10.5. The van der Waals surface area contributed by atoms with Crippen LogP contribution in [0.4, 0.5) is 11.4 Å². The molecule has 0 saturated heterocycles. The van der Waals surface area contributed by atoms with Crippen molar-refractivity contribution in [2.24, 2.45) is 0 Å². The summed E-state index contributed by atoms with van der Waals surface area (Å²) in [6, 6.07) is 19.9. The minimum atomic E-state index is 0. The van der Waals surface area contributed by atoms with Gasteiger partial charge in [0.05, 0.1) is 15.7 Å². The fourth-order valence-corrected chi connectivity index (χ4v) is 5.27. The van der Waals surface area contributed by atoms with Crippen LogP contribution >= 0.6 is 122 Å². The van der Waals surface area contributed by atoms with Crippen LogP contribution in [0.15, 0.2) is 73.1 Å². The van der Waals surface area contributed by atoms with Gasteiger partial charge in [-0.3, -0.25) is 0 Å². The van der Waals surface area contributed by atoms with E-state index in [1.54, 1.807) is 0 Å². The van der Waals surface area contributed by atoms with E-state index < -0.39 is 0 Å². The molecule has 0 unspecified atom stereocenters. The molecule has 285 valence electrons. The fourth-order valence-electron chi connectivity index (χ4n) is 4.77. The van der Waals surface area contributed by atoms with E-state index in [4.69, 9.17) is 23.2 Å². The van der Waals surface area contributed by atoms with Crippen LogP contribution < -0.4 is 23.1 Å². The van der Waals surface area contributed by atoms with E-state index in [0.29, 0.717) is 23.3 Å². The van der Waals surface area contributed by atoms with E-state index in [0.717, 1.165) is 17.8 Å². The SMILES string of the molecule is C.C.C.CCCCCCCCCCCCCCCC[n+]1ccccc1.CCc1ccccc1Nc1c(Cl)cccc1Cl.I.II.I[I-]I.[Y]. The summed E-state index contributed by atoms with van der Waals surface area (Å²) in [5.74, 6) is 0. The molecule has 0 atom stereocenters. The van der Waals surface area contributed by atoms with Gasteiger partial charge in [-0.2, -0.15) is 0 Å². The Labute approximate surface area is 409 Å². The van der Waals surface area contributed by atoms with Crippen molar-refractivity contribution in [3.8, 4) is 0 Å². The van der Waals surface area contributed by atoms with Crippen molar-refractivity contribution in [2.45, 2.75) is 139 Å². The average molecular weight is 1470 g/mol. The number of hydrogen-bond acceptors (Lipinski definition) is 1. The molecule has 3 aromatic rings. The molecule has 0 fully saturated rings. The number of anilines is 2. The fraction of sp³-hybridized carbons (Fsp3) is 0.553. The van der Waals surface area contributed by atoms with E-state index in [2.05, 4.69) is 135 Å². The molecule has 3 rings (SSSR count). The second-order valence-corrected chi connectivity index (χ2v) is 27.6. The third kappa shape index (κ3) is 36.8. The van der Waals surface area contributed by atoms with E-state index in [1.807, 2.05) is 36.4 Å². The Morgan fingerprint density at radius 3 is 1.45 bits per heavy atom. The minimum absolute atomic E-state index is 0. The Balaban J connectivity index is -0.000000155. The number of pyridine rings is 1. The smallest absolute Gasteiger partial charge is 0 e. The predicted octanol–water partition coefficient (Wildman–Crippen LogP) is 14.8. The van der Waals surface area contributed by atoms with E-state index in [9.17, 15) is 0 Å². The Morgan fingerprint density at radius 1 is 0.612 bits per heavy atom. The Hall–Kier alpha value is 3.45. The Bertz CT molecular complexity index is 1040. The van der Waals surface area contributed by atoms with Crippen molar-refractivity contribution in [1.82, 2.24) is 0 Å². The first-order valence-corrected chi connectivity index (χ1v) is 35.4. The van der Waals surface area contributed by atoms with Crippen molar-refractivity contribution in [2.75, 3.05) is 5.32 Å². The summed E-state index contributed by atoms with van der Waals surface area (Å²) < 4.78 is 2.29. The Kier molecular flexibility index (Phi) is 65.0. The van der Waals surface area contributed by atoms with Gasteiger partial charge in [0.15, 0.2) is 12.4 Å². The number of halogens is 8. The number of rotatable bonds is 18. The van der Waals surface area contributed by atoms with Crippen LogP contribution in [0.3, 0.4) is 0 Å². The topological polar surface area (TPSA) is 15.9 Å². The number of para-hydroxylation sites is 2. The average Bonchev–Trinajstić information content (AvgIpc) is 3.05. The molecule has 0 aliphatic heterocycles. The summed E-state index contributed by atoms with van der Waals surface area (Å²) in [6.45, 7) is 5.59. The summed E-state index contributed by atoms with van der Waals surface area (Å²) >= 11 is 21.8. The zero-order chi connectivity index (χ0) is 32.7. The summed E-state index contributed by atoms with van der Waals surface area (Å²) in [7, 11) is 0. The number of aryl methyl sites for hydroxylation is 2. The molecule has 0 aliphatic carbocycles. The third-order valence-corrected chi connectivity index (χ3v) is 7.80. The van der Waals surface area contributed by atoms with Crippen LogP contribution in [-0.2, 0) is 45.7 Å². The van der Waals surface area contributed by atoms with Crippen LogP contribution in [0.1, 0.15) is 132 Å². The number of aromatic nitrogens is 1. The van der Waals surface area contributed by atoms with Crippen LogP contribution in [0.2, 0.25) is 10.0 Å². The molecule has 1 heterocycles. The van der Waals surface area contributed by atoms with Gasteiger partial charge in [-0.1, -0.05) is 167 Å². The van der Waals surface area contributed by atoms with Crippen LogP contribution in [-0.4, -0.2) is 0 Å². The zero-order valence-corrected chi connectivity index (χ0v) is 44.8. The van der Waals surface area contributed by atoms with Gasteiger partial charge in [0.1, 0.15) is 6.54 Å². The van der Waals surface area contributed by atoms with Gasteiger partial charge in [0.25, 0.3) is 0 Å². The molecule has 2 aromatic carbocycles. The molecule has 2 nitrogen and oxygen atoms in total. The number of nitrogens with one attached hydrogen (secondary N) is 1. The summed E-state index contributed by atoms with van der Waals surface area (Å²) in [5.41, 5.74) is 3.05. The zero-order valence-electron chi connectivity index (χ0n) is 27.3. The molecule has 0 bridgehead atoms. The molecular formula is C38H64Cl2I6N2Y. The molecule has 11 heteroatoms. The van der Waals surface area contributed by atoms with Crippen molar-refractivity contribution in [1.29, 1.82) is 0 Å². The largest absolute Gasteiger partial charge is 0 e. The number of unbranched alkanes of at least 4 members (excludes halogenated alkanes) is 13. The van der Waals surface area contributed by atoms with E-state index in [1.165, 1.54) is 102 Å². The summed E-state index contributed by atoms with van der Waals surface area (Å²) in [6.07, 6.45) is 25.4. The van der Waals surface area contributed by atoms with Gasteiger partial charge in [-0.15, -0.1) is 24.0 Å². The van der Waals surface area contributed by atoms with Gasteiger partial charge < -0.3 is 5.32 Å². The molecule has 1 aromatic heterocycles. The molecular weight excluding hydrogens is 1410 g/mol. The van der Waals surface area contributed by atoms with Gasteiger partial charge in [-0.25, -0.2) is 4.57 Å². The summed E-state index contributed by atoms with van der Waals surface area (Å²) in [5, 5.41) is 4.55. The minimum Gasteiger partial charge on any atom is 0 e. The Morgan fingerprint density at radius 2 is 1.02 bits per heavy atom. The molecule has 0 aliphatic rings. The van der Waals surface area contributed by atoms with Crippen molar-refractivity contribution in [3.63, 3.8) is 0 Å². The van der Waals surface area contributed by atoms with Crippen molar-refractivity contribution < 1.29 is 50.5 Å². The van der Waals surface area contributed by atoms with E-state index >= 15 is 0 Å². The summed E-state index contributed by atoms with van der Waals surface area (Å²) in [4.78, 5) is 0. The molecule has 0 spiro atoms. The number of nitrogens with zero attached hydrogens (tertiary/aromatic N) is 1. The quantitative estimate of drug-likeness (QED) is 0.0762. The monoisotopic (exact) mass is 1470 g/mol. The molecule has 0 amide bonds. The second kappa shape index (κ2) is 49.5. The first kappa shape index (κ1) is 64.4. The first-order chi connectivity index (χ1) is 21.6. The van der Waals surface area contributed by atoms with Gasteiger partial charge in [0.2, 0.25) is 0 Å². The molecule has 1 radical (unpaired) electrons. The maximum Gasteiger partial charge on any atom is 0 e. The van der Waals surface area contributed by atoms with Crippen molar-refractivity contribution in [3.05, 3.63) is 88.7 Å².